The normalized spacial score (nSPS) is 10.3. The van der Waals surface area contributed by atoms with E-state index >= 15 is 0 Å². The molecule has 1 aromatic heterocycles. The molecule has 1 aromatic carbocycles. The maximum atomic E-state index is 11.1. The minimum Gasteiger partial charge on any atom is -0.368 e. The molecule has 0 amide bonds. The first-order valence-corrected chi connectivity index (χ1v) is 6.08. The van der Waals surface area contributed by atoms with Crippen LogP contribution in [-0.2, 0) is 0 Å². The molecular formula is C12H12ClN5O2. The van der Waals surface area contributed by atoms with Gasteiger partial charge >= 0.3 is 5.69 Å². The number of nitrogens with one attached hydrogen (secondary N) is 1. The topological polar surface area (TPSA) is 107 Å². The lowest BCUT2D eigenvalue weighted by Crippen LogP contribution is -2.07. The van der Waals surface area contributed by atoms with E-state index in [1.165, 1.54) is 6.92 Å². The van der Waals surface area contributed by atoms with Crippen LogP contribution in [0.1, 0.15) is 11.3 Å². The van der Waals surface area contributed by atoms with Gasteiger partial charge in [-0.3, -0.25) is 10.1 Å². The fourth-order valence-corrected chi connectivity index (χ4v) is 1.88. The molecule has 0 aliphatic rings. The molecule has 3 N–H and O–H groups in total. The summed E-state index contributed by atoms with van der Waals surface area (Å²) in [4.78, 5) is 18.2. The van der Waals surface area contributed by atoms with Gasteiger partial charge in [-0.05, 0) is 31.5 Å². The number of nitro groups is 1. The zero-order valence-corrected chi connectivity index (χ0v) is 11.6. The Morgan fingerprint density at radius 2 is 2.05 bits per heavy atom. The third kappa shape index (κ3) is 2.77. The second-order valence-electron chi connectivity index (χ2n) is 4.21. The minimum atomic E-state index is -0.549. The van der Waals surface area contributed by atoms with E-state index in [0.29, 0.717) is 10.7 Å². The van der Waals surface area contributed by atoms with Crippen molar-refractivity contribution < 1.29 is 4.92 Å². The summed E-state index contributed by atoms with van der Waals surface area (Å²) in [5.74, 6) is 0.00808. The third-order valence-corrected chi connectivity index (χ3v) is 3.10. The molecule has 0 bridgehead atoms. The standard InChI is InChI=1S/C12H12ClN5O2/c1-6-3-4-8(5-9(6)13)16-11-10(18(19)20)7(2)15-12(14)17-11/h3-5H,1-2H3,(H3,14,15,16,17). The van der Waals surface area contributed by atoms with Gasteiger partial charge in [-0.25, -0.2) is 4.98 Å². The van der Waals surface area contributed by atoms with Gasteiger partial charge in [0.15, 0.2) is 0 Å². The van der Waals surface area contributed by atoms with Gasteiger partial charge < -0.3 is 11.1 Å². The van der Waals surface area contributed by atoms with E-state index in [0.717, 1.165) is 5.56 Å². The van der Waals surface area contributed by atoms with Crippen LogP contribution in [-0.4, -0.2) is 14.9 Å². The highest BCUT2D eigenvalue weighted by Gasteiger charge is 2.21. The first-order chi connectivity index (χ1) is 9.38. The summed E-state index contributed by atoms with van der Waals surface area (Å²) < 4.78 is 0. The van der Waals surface area contributed by atoms with Crippen LogP contribution in [0, 0.1) is 24.0 Å². The molecule has 20 heavy (non-hydrogen) atoms. The SMILES string of the molecule is Cc1ccc(Nc2nc(N)nc(C)c2[N+](=O)[O-])cc1Cl. The summed E-state index contributed by atoms with van der Waals surface area (Å²) in [6.07, 6.45) is 0. The maximum Gasteiger partial charge on any atom is 0.332 e. The molecule has 7 nitrogen and oxygen atoms in total. The Labute approximate surface area is 120 Å². The average molecular weight is 294 g/mol. The molecule has 2 aromatic rings. The first-order valence-electron chi connectivity index (χ1n) is 5.70. The Kier molecular flexibility index (Phi) is 3.71. The summed E-state index contributed by atoms with van der Waals surface area (Å²) in [6, 6.07) is 5.21. The minimum absolute atomic E-state index is 0.0335. The van der Waals surface area contributed by atoms with E-state index in [1.54, 1.807) is 18.2 Å². The summed E-state index contributed by atoms with van der Waals surface area (Å²) in [7, 11) is 0. The highest BCUT2D eigenvalue weighted by Crippen LogP contribution is 2.30. The molecule has 0 aliphatic heterocycles. The van der Waals surface area contributed by atoms with Crippen LogP contribution in [0.15, 0.2) is 18.2 Å². The van der Waals surface area contributed by atoms with Gasteiger partial charge in [0.2, 0.25) is 11.8 Å². The summed E-state index contributed by atoms with van der Waals surface area (Å²) in [5, 5.41) is 14.5. The van der Waals surface area contributed by atoms with Crippen LogP contribution < -0.4 is 11.1 Å². The molecule has 0 saturated heterocycles. The fraction of sp³-hybridized carbons (Fsp3) is 0.167. The lowest BCUT2D eigenvalue weighted by Gasteiger charge is -2.09. The number of aryl methyl sites for hydroxylation is 2. The van der Waals surface area contributed by atoms with Crippen LogP contribution in [0.2, 0.25) is 5.02 Å². The predicted molar refractivity (Wildman–Crippen MR) is 77.3 cm³/mol. The van der Waals surface area contributed by atoms with Crippen molar-refractivity contribution in [1.29, 1.82) is 0 Å². The van der Waals surface area contributed by atoms with E-state index in [9.17, 15) is 10.1 Å². The Hall–Kier alpha value is -2.41. The van der Waals surface area contributed by atoms with Crippen LogP contribution in [0.25, 0.3) is 0 Å². The van der Waals surface area contributed by atoms with Crippen molar-refractivity contribution in [2.45, 2.75) is 13.8 Å². The average Bonchev–Trinajstić information content (AvgIpc) is 2.32. The van der Waals surface area contributed by atoms with Gasteiger partial charge in [0.05, 0.1) is 4.92 Å². The monoisotopic (exact) mass is 293 g/mol. The molecule has 0 radical (unpaired) electrons. The number of benzene rings is 1. The summed E-state index contributed by atoms with van der Waals surface area (Å²) in [5.41, 5.74) is 7.00. The smallest absolute Gasteiger partial charge is 0.332 e. The summed E-state index contributed by atoms with van der Waals surface area (Å²) in [6.45, 7) is 3.37. The largest absolute Gasteiger partial charge is 0.368 e. The molecule has 0 unspecified atom stereocenters. The number of rotatable bonds is 3. The molecule has 1 heterocycles. The zero-order valence-electron chi connectivity index (χ0n) is 10.8. The Bertz CT molecular complexity index is 690. The first kappa shape index (κ1) is 14.0. The van der Waals surface area contributed by atoms with E-state index in [2.05, 4.69) is 15.3 Å². The second-order valence-corrected chi connectivity index (χ2v) is 4.62. The van der Waals surface area contributed by atoms with Crippen molar-refractivity contribution >= 4 is 34.7 Å². The highest BCUT2D eigenvalue weighted by molar-refractivity contribution is 6.31. The van der Waals surface area contributed by atoms with Crippen molar-refractivity contribution in [2.75, 3.05) is 11.1 Å². The van der Waals surface area contributed by atoms with Crippen molar-refractivity contribution in [3.05, 3.63) is 44.6 Å². The van der Waals surface area contributed by atoms with E-state index in [1.807, 2.05) is 6.92 Å². The van der Waals surface area contributed by atoms with Gasteiger partial charge in [0.25, 0.3) is 0 Å². The van der Waals surface area contributed by atoms with Crippen molar-refractivity contribution in [3.63, 3.8) is 0 Å². The molecule has 0 fully saturated rings. The van der Waals surface area contributed by atoms with Crippen LogP contribution >= 0.6 is 11.6 Å². The van der Waals surface area contributed by atoms with Crippen molar-refractivity contribution in [2.24, 2.45) is 0 Å². The van der Waals surface area contributed by atoms with Gasteiger partial charge in [-0.2, -0.15) is 4.98 Å². The summed E-state index contributed by atoms with van der Waals surface area (Å²) >= 11 is 6.01. The van der Waals surface area contributed by atoms with E-state index in [-0.39, 0.29) is 23.1 Å². The Balaban J connectivity index is 2.47. The zero-order chi connectivity index (χ0) is 14.9. The van der Waals surface area contributed by atoms with Crippen LogP contribution in [0.4, 0.5) is 23.1 Å². The van der Waals surface area contributed by atoms with E-state index in [4.69, 9.17) is 17.3 Å². The predicted octanol–water partition coefficient (Wildman–Crippen LogP) is 2.98. The molecule has 0 atom stereocenters. The molecule has 8 heteroatoms. The lowest BCUT2D eigenvalue weighted by molar-refractivity contribution is -0.385. The maximum absolute atomic E-state index is 11.1. The number of anilines is 3. The van der Waals surface area contributed by atoms with Gasteiger partial charge in [0, 0.05) is 10.7 Å². The number of nitrogens with zero attached hydrogens (tertiary/aromatic N) is 3. The molecule has 0 spiro atoms. The molecule has 0 aliphatic carbocycles. The Morgan fingerprint density at radius 1 is 1.35 bits per heavy atom. The second kappa shape index (κ2) is 5.30. The number of nitrogens with two attached hydrogens (primary N) is 1. The van der Waals surface area contributed by atoms with Crippen LogP contribution in [0.3, 0.4) is 0 Å². The molecular weight excluding hydrogens is 282 g/mol. The van der Waals surface area contributed by atoms with Crippen molar-refractivity contribution in [3.8, 4) is 0 Å². The number of aromatic nitrogens is 2. The van der Waals surface area contributed by atoms with E-state index < -0.39 is 4.92 Å². The quantitative estimate of drug-likeness (QED) is 0.665. The molecule has 0 saturated carbocycles. The third-order valence-electron chi connectivity index (χ3n) is 2.69. The number of halogens is 1. The number of hydrogen-bond donors (Lipinski definition) is 2. The number of hydrogen-bond acceptors (Lipinski definition) is 6. The number of nitrogen functional groups attached to an aromatic ring is 1. The van der Waals surface area contributed by atoms with Gasteiger partial charge in [-0.15, -0.1) is 0 Å². The van der Waals surface area contributed by atoms with Crippen LogP contribution in [0.5, 0.6) is 0 Å². The molecule has 104 valence electrons. The van der Waals surface area contributed by atoms with Gasteiger partial charge in [0.1, 0.15) is 5.69 Å². The highest BCUT2D eigenvalue weighted by atomic mass is 35.5. The van der Waals surface area contributed by atoms with Crippen molar-refractivity contribution in [1.82, 2.24) is 9.97 Å². The Morgan fingerprint density at radius 3 is 2.65 bits per heavy atom. The fourth-order valence-electron chi connectivity index (χ4n) is 1.70. The van der Waals surface area contributed by atoms with Gasteiger partial charge in [-0.1, -0.05) is 17.7 Å². The lowest BCUT2D eigenvalue weighted by atomic mass is 10.2. The molecule has 2 rings (SSSR count).